The van der Waals surface area contributed by atoms with Gasteiger partial charge in [0.15, 0.2) is 5.78 Å². The molecule has 0 saturated carbocycles. The van der Waals surface area contributed by atoms with Gasteiger partial charge in [0.2, 0.25) is 0 Å². The van der Waals surface area contributed by atoms with Gasteiger partial charge in [-0.1, -0.05) is 19.4 Å². The van der Waals surface area contributed by atoms with Gasteiger partial charge in [-0.05, 0) is 53.6 Å². The second-order valence-electron chi connectivity index (χ2n) is 8.33. The predicted molar refractivity (Wildman–Crippen MR) is 130 cm³/mol. The summed E-state index contributed by atoms with van der Waals surface area (Å²) in [5.41, 5.74) is 3.90. The molecule has 172 valence electrons. The molecule has 5 nitrogen and oxygen atoms in total. The number of carbonyl (C=O) groups is 2. The fraction of sp³-hybridized carbons (Fsp3) is 0.440. The van der Waals surface area contributed by atoms with Gasteiger partial charge < -0.3 is 14.8 Å². The molecule has 0 aromatic carbocycles. The molecule has 0 bridgehead atoms. The zero-order valence-electron chi connectivity index (χ0n) is 18.7. The van der Waals surface area contributed by atoms with Crippen LogP contribution >= 0.6 is 22.7 Å². The molecule has 1 aliphatic carbocycles. The van der Waals surface area contributed by atoms with Gasteiger partial charge in [0.05, 0.1) is 11.7 Å². The van der Waals surface area contributed by atoms with Crippen molar-refractivity contribution >= 4 is 34.4 Å². The number of esters is 1. The fourth-order valence-electron chi connectivity index (χ4n) is 4.64. The summed E-state index contributed by atoms with van der Waals surface area (Å²) in [4.78, 5) is 27.9. The van der Waals surface area contributed by atoms with Gasteiger partial charge in [-0.2, -0.15) is 11.3 Å². The number of hydrogen-bond donors (Lipinski definition) is 1. The van der Waals surface area contributed by atoms with Crippen LogP contribution in [-0.4, -0.2) is 31.6 Å². The van der Waals surface area contributed by atoms with E-state index < -0.39 is 5.92 Å². The van der Waals surface area contributed by atoms with Crippen LogP contribution in [0.3, 0.4) is 0 Å². The van der Waals surface area contributed by atoms with Crippen molar-refractivity contribution in [1.29, 1.82) is 0 Å². The Hall–Kier alpha value is -2.22. The molecule has 1 aliphatic heterocycles. The van der Waals surface area contributed by atoms with E-state index in [1.807, 2.05) is 29.8 Å². The molecule has 3 heterocycles. The molecular weight excluding hydrogens is 442 g/mol. The number of allylic oxidation sites excluding steroid dienone is 3. The van der Waals surface area contributed by atoms with Crippen LogP contribution in [0, 0.1) is 0 Å². The SMILES string of the molecule is CCC[C@@H](COC(=O)C1=C(C)NC2=C(C(=O)C[C@H](c3cccs3)C2)[C@@H]1c1ccsc1)OC.[HH]. The fourth-order valence-corrected chi connectivity index (χ4v) is 6.16. The minimum atomic E-state index is -0.394. The summed E-state index contributed by atoms with van der Waals surface area (Å²) in [7, 11) is 1.64. The first-order chi connectivity index (χ1) is 15.5. The first-order valence-electron chi connectivity index (χ1n) is 11.0. The molecule has 2 aliphatic rings. The van der Waals surface area contributed by atoms with E-state index >= 15 is 0 Å². The van der Waals surface area contributed by atoms with Crippen molar-refractivity contribution in [1.82, 2.24) is 5.32 Å². The second kappa shape index (κ2) is 10.1. The second-order valence-corrected chi connectivity index (χ2v) is 10.1. The number of Topliss-reactive ketones (excluding diaryl/α,β-unsaturated/α-hetero) is 1. The van der Waals surface area contributed by atoms with E-state index in [4.69, 9.17) is 9.47 Å². The molecule has 32 heavy (non-hydrogen) atoms. The molecule has 0 unspecified atom stereocenters. The van der Waals surface area contributed by atoms with E-state index in [1.54, 1.807) is 29.8 Å². The van der Waals surface area contributed by atoms with Crippen LogP contribution in [0.4, 0.5) is 0 Å². The van der Waals surface area contributed by atoms with E-state index in [9.17, 15) is 9.59 Å². The Morgan fingerprint density at radius 2 is 2.16 bits per heavy atom. The number of nitrogens with one attached hydrogen (secondary N) is 1. The first kappa shape index (κ1) is 23.0. The minimum absolute atomic E-state index is 0. The number of carbonyl (C=O) groups excluding carboxylic acids is 2. The Morgan fingerprint density at radius 1 is 1.31 bits per heavy atom. The third kappa shape index (κ3) is 4.60. The maximum absolute atomic E-state index is 13.4. The molecule has 3 atom stereocenters. The maximum Gasteiger partial charge on any atom is 0.336 e. The Bertz CT molecular complexity index is 1030. The molecule has 1 N–H and O–H groups in total. The quantitative estimate of drug-likeness (QED) is 0.493. The molecule has 0 spiro atoms. The van der Waals surface area contributed by atoms with Gasteiger partial charge in [0.1, 0.15) is 6.61 Å². The monoisotopic (exact) mass is 473 g/mol. The lowest BCUT2D eigenvalue weighted by Gasteiger charge is -2.36. The highest BCUT2D eigenvalue weighted by Gasteiger charge is 2.41. The molecule has 7 heteroatoms. The van der Waals surface area contributed by atoms with Crippen LogP contribution in [0.25, 0.3) is 0 Å². The van der Waals surface area contributed by atoms with E-state index in [1.165, 1.54) is 4.88 Å². The number of ketones is 1. The number of ether oxygens (including phenoxy) is 2. The smallest absolute Gasteiger partial charge is 0.336 e. The van der Waals surface area contributed by atoms with Crippen LogP contribution in [-0.2, 0) is 19.1 Å². The maximum atomic E-state index is 13.4. The van der Waals surface area contributed by atoms with Crippen molar-refractivity contribution in [2.45, 2.75) is 57.5 Å². The lowest BCUT2D eigenvalue weighted by molar-refractivity contribution is -0.143. The van der Waals surface area contributed by atoms with Gasteiger partial charge in [-0.15, -0.1) is 11.3 Å². The van der Waals surface area contributed by atoms with Crippen molar-refractivity contribution in [3.63, 3.8) is 0 Å². The molecule has 0 fully saturated rings. The lowest BCUT2D eigenvalue weighted by atomic mass is 9.73. The molecule has 2 aromatic heterocycles. The van der Waals surface area contributed by atoms with E-state index in [0.717, 1.165) is 36.2 Å². The van der Waals surface area contributed by atoms with Gasteiger partial charge in [-0.3, -0.25) is 4.79 Å². The van der Waals surface area contributed by atoms with E-state index in [2.05, 4.69) is 23.7 Å². The summed E-state index contributed by atoms with van der Waals surface area (Å²) in [6, 6.07) is 6.13. The molecular formula is C25H31NO4S2. The van der Waals surface area contributed by atoms with E-state index in [0.29, 0.717) is 17.6 Å². The first-order valence-corrected chi connectivity index (χ1v) is 12.8. The Morgan fingerprint density at radius 3 is 2.81 bits per heavy atom. The summed E-state index contributed by atoms with van der Waals surface area (Å²) < 4.78 is 11.1. The largest absolute Gasteiger partial charge is 0.459 e. The van der Waals surface area contributed by atoms with Crippen LogP contribution in [0.15, 0.2) is 56.9 Å². The highest BCUT2D eigenvalue weighted by molar-refractivity contribution is 7.10. The van der Waals surface area contributed by atoms with Crippen molar-refractivity contribution < 1.29 is 20.5 Å². The average molecular weight is 474 g/mol. The summed E-state index contributed by atoms with van der Waals surface area (Å²) in [5, 5.41) is 9.47. The highest BCUT2D eigenvalue weighted by atomic mass is 32.1. The molecule has 4 rings (SSSR count). The van der Waals surface area contributed by atoms with Gasteiger partial charge in [-0.25, -0.2) is 4.79 Å². The van der Waals surface area contributed by atoms with E-state index in [-0.39, 0.29) is 31.8 Å². The molecule has 0 saturated heterocycles. The van der Waals surface area contributed by atoms with Crippen molar-refractivity contribution in [2.24, 2.45) is 0 Å². The van der Waals surface area contributed by atoms with Crippen LogP contribution < -0.4 is 5.32 Å². The summed E-state index contributed by atoms with van der Waals surface area (Å²) in [6.45, 7) is 4.18. The number of methoxy groups -OCH3 is 1. The van der Waals surface area contributed by atoms with Crippen LogP contribution in [0.2, 0.25) is 0 Å². The van der Waals surface area contributed by atoms with Crippen molar-refractivity contribution in [3.8, 4) is 0 Å². The molecule has 2 aromatic rings. The van der Waals surface area contributed by atoms with Crippen LogP contribution in [0.1, 0.15) is 63.2 Å². The van der Waals surface area contributed by atoms with Crippen molar-refractivity contribution in [2.75, 3.05) is 13.7 Å². The number of rotatable bonds is 8. The standard InChI is InChI=1S/C25H29NO4S2.H2/c1-4-6-18(29-3)13-30-25(28)22-15(2)26-19-11-17(21-7-5-9-32-21)12-20(27)24(19)23(22)16-8-10-31-14-16;/h5,7-10,14,17-18,23,26H,4,6,11-13H2,1-3H3;1H/t17-,18+,23-;/m1./s1. The number of thiophene rings is 2. The van der Waals surface area contributed by atoms with Gasteiger partial charge in [0.25, 0.3) is 0 Å². The summed E-state index contributed by atoms with van der Waals surface area (Å²) in [6.07, 6.45) is 2.88. The molecule has 0 radical (unpaired) electrons. The number of hydrogen-bond acceptors (Lipinski definition) is 7. The summed E-state index contributed by atoms with van der Waals surface area (Å²) in [5.74, 6) is -0.500. The third-order valence-corrected chi connectivity index (χ3v) is 7.95. The Balaban J connectivity index is 0.00000306. The third-order valence-electron chi connectivity index (χ3n) is 6.21. The zero-order chi connectivity index (χ0) is 22.7. The minimum Gasteiger partial charge on any atom is -0.459 e. The van der Waals surface area contributed by atoms with Crippen molar-refractivity contribution in [3.05, 3.63) is 67.3 Å². The zero-order valence-corrected chi connectivity index (χ0v) is 20.3. The highest BCUT2D eigenvalue weighted by Crippen LogP contribution is 2.46. The van der Waals surface area contributed by atoms with Gasteiger partial charge >= 0.3 is 5.97 Å². The summed E-state index contributed by atoms with van der Waals surface area (Å²) >= 11 is 3.26. The van der Waals surface area contributed by atoms with Crippen LogP contribution in [0.5, 0.6) is 0 Å². The predicted octanol–water partition coefficient (Wildman–Crippen LogP) is 5.78. The lowest BCUT2D eigenvalue weighted by Crippen LogP contribution is -2.36. The number of dihydropyridines is 1. The Labute approximate surface area is 198 Å². The average Bonchev–Trinajstić information content (AvgIpc) is 3.49. The Kier molecular flexibility index (Phi) is 7.28. The normalized spacial score (nSPS) is 21.9. The van der Waals surface area contributed by atoms with Gasteiger partial charge in [0, 0.05) is 48.6 Å². The molecule has 0 amide bonds. The topological polar surface area (TPSA) is 64.6 Å².